The smallest absolute Gasteiger partial charge is 0.306 e. The van der Waals surface area contributed by atoms with E-state index in [1.165, 1.54) is 180 Å². The lowest BCUT2D eigenvalue weighted by Crippen LogP contribution is -2.30. The van der Waals surface area contributed by atoms with E-state index in [0.717, 1.165) is 64.2 Å². The highest BCUT2D eigenvalue weighted by Gasteiger charge is 2.19. The van der Waals surface area contributed by atoms with E-state index in [-0.39, 0.29) is 31.1 Å². The molecule has 0 spiro atoms. The Hall–Kier alpha value is -1.59. The van der Waals surface area contributed by atoms with Crippen LogP contribution in [0.4, 0.5) is 0 Å². The minimum absolute atomic E-state index is 0.0633. The van der Waals surface area contributed by atoms with Gasteiger partial charge >= 0.3 is 17.9 Å². The number of carbonyl (C=O) groups is 3. The van der Waals surface area contributed by atoms with E-state index in [0.29, 0.717) is 19.3 Å². The fourth-order valence-corrected chi connectivity index (χ4v) is 7.56. The van der Waals surface area contributed by atoms with Gasteiger partial charge in [-0.15, -0.1) is 0 Å². The van der Waals surface area contributed by atoms with Gasteiger partial charge in [-0.2, -0.15) is 0 Å². The van der Waals surface area contributed by atoms with E-state index in [4.69, 9.17) is 14.2 Å². The number of ether oxygens (including phenoxy) is 3. The molecule has 0 bridgehead atoms. The maximum Gasteiger partial charge on any atom is 0.306 e. The van der Waals surface area contributed by atoms with E-state index >= 15 is 0 Å². The molecular weight excluding hydrogens is 697 g/mol. The molecule has 332 valence electrons. The zero-order valence-corrected chi connectivity index (χ0v) is 37.9. The van der Waals surface area contributed by atoms with Gasteiger partial charge in [-0.25, -0.2) is 0 Å². The number of unbranched alkanes of at least 4 members (excludes halogenated alkanes) is 35. The number of carbonyl (C=O) groups excluding carboxylic acids is 3. The van der Waals surface area contributed by atoms with Crippen LogP contribution in [0.25, 0.3) is 0 Å². The molecule has 0 aromatic rings. The first-order valence-electron chi connectivity index (χ1n) is 25.0. The Morgan fingerprint density at radius 2 is 0.482 bits per heavy atom. The van der Waals surface area contributed by atoms with Crippen LogP contribution >= 0.6 is 0 Å². The monoisotopic (exact) mass is 793 g/mol. The van der Waals surface area contributed by atoms with Crippen LogP contribution in [-0.4, -0.2) is 37.2 Å². The van der Waals surface area contributed by atoms with Crippen LogP contribution in [0.2, 0.25) is 0 Å². The Labute approximate surface area is 348 Å². The summed E-state index contributed by atoms with van der Waals surface area (Å²) >= 11 is 0. The highest BCUT2D eigenvalue weighted by molar-refractivity contribution is 5.71. The third-order valence-electron chi connectivity index (χ3n) is 11.4. The van der Waals surface area contributed by atoms with Gasteiger partial charge < -0.3 is 14.2 Å². The zero-order valence-electron chi connectivity index (χ0n) is 37.9. The molecule has 0 aliphatic carbocycles. The zero-order chi connectivity index (χ0) is 40.8. The first kappa shape index (κ1) is 54.4. The Bertz CT molecular complexity index is 828. The van der Waals surface area contributed by atoms with Crippen LogP contribution in [0.5, 0.6) is 0 Å². The average Bonchev–Trinajstić information content (AvgIpc) is 3.19. The molecule has 0 aromatic carbocycles. The first-order valence-corrected chi connectivity index (χ1v) is 25.0. The van der Waals surface area contributed by atoms with Gasteiger partial charge in [0, 0.05) is 19.3 Å². The minimum atomic E-state index is -0.757. The van der Waals surface area contributed by atoms with Gasteiger partial charge in [-0.3, -0.25) is 14.4 Å². The van der Waals surface area contributed by atoms with Crippen molar-refractivity contribution in [2.24, 2.45) is 0 Å². The second kappa shape index (κ2) is 46.1. The van der Waals surface area contributed by atoms with E-state index in [9.17, 15) is 14.4 Å². The molecule has 1 atom stereocenters. The third-order valence-corrected chi connectivity index (χ3v) is 11.4. The summed E-state index contributed by atoms with van der Waals surface area (Å²) in [4.78, 5) is 37.6. The molecule has 0 saturated heterocycles. The summed E-state index contributed by atoms with van der Waals surface area (Å²) < 4.78 is 16.7. The fraction of sp³-hybridized carbons (Fsp3) is 0.940. The minimum Gasteiger partial charge on any atom is -0.462 e. The van der Waals surface area contributed by atoms with Crippen molar-refractivity contribution in [3.05, 3.63) is 0 Å². The number of hydrogen-bond acceptors (Lipinski definition) is 6. The normalized spacial score (nSPS) is 11.8. The first-order chi connectivity index (χ1) is 27.5. The van der Waals surface area contributed by atoms with E-state index in [1.54, 1.807) is 0 Å². The fourth-order valence-electron chi connectivity index (χ4n) is 7.56. The SMILES string of the molecule is CCCCCCCCCCCCCCCCCCCCCCC(=O)OCC(COC(=O)CCCCCCC)OC(=O)CCCCCCCCCCCCCCC. The summed E-state index contributed by atoms with van der Waals surface area (Å²) in [5, 5.41) is 0. The predicted molar refractivity (Wildman–Crippen MR) is 238 cm³/mol. The van der Waals surface area contributed by atoms with Gasteiger partial charge in [0.25, 0.3) is 0 Å². The van der Waals surface area contributed by atoms with Crippen molar-refractivity contribution in [3.63, 3.8) is 0 Å². The third kappa shape index (κ3) is 43.5. The van der Waals surface area contributed by atoms with Crippen molar-refractivity contribution in [3.8, 4) is 0 Å². The van der Waals surface area contributed by atoms with Crippen molar-refractivity contribution in [2.75, 3.05) is 13.2 Å². The largest absolute Gasteiger partial charge is 0.462 e. The van der Waals surface area contributed by atoms with Crippen molar-refractivity contribution in [1.29, 1.82) is 0 Å². The van der Waals surface area contributed by atoms with E-state index in [2.05, 4.69) is 20.8 Å². The maximum absolute atomic E-state index is 12.7. The van der Waals surface area contributed by atoms with Crippen molar-refractivity contribution in [2.45, 2.75) is 290 Å². The summed E-state index contributed by atoms with van der Waals surface area (Å²) in [6.45, 7) is 6.59. The second-order valence-corrected chi connectivity index (χ2v) is 17.1. The van der Waals surface area contributed by atoms with Crippen LogP contribution in [0.1, 0.15) is 284 Å². The molecule has 0 saturated carbocycles. The van der Waals surface area contributed by atoms with Gasteiger partial charge in [-0.05, 0) is 19.3 Å². The van der Waals surface area contributed by atoms with Gasteiger partial charge in [0.15, 0.2) is 6.10 Å². The molecule has 0 aliphatic heterocycles. The molecule has 56 heavy (non-hydrogen) atoms. The Morgan fingerprint density at radius 1 is 0.286 bits per heavy atom. The summed E-state index contributed by atoms with van der Waals surface area (Å²) in [6, 6.07) is 0. The van der Waals surface area contributed by atoms with Crippen molar-refractivity contribution >= 4 is 17.9 Å². The lowest BCUT2D eigenvalue weighted by atomic mass is 10.0. The molecular formula is C50H96O6. The summed E-state index contributed by atoms with van der Waals surface area (Å²) in [7, 11) is 0. The highest BCUT2D eigenvalue weighted by atomic mass is 16.6. The maximum atomic E-state index is 12.7. The molecule has 0 aliphatic rings. The van der Waals surface area contributed by atoms with Crippen LogP contribution < -0.4 is 0 Å². The molecule has 0 aromatic heterocycles. The lowest BCUT2D eigenvalue weighted by Gasteiger charge is -2.18. The number of hydrogen-bond donors (Lipinski definition) is 0. The molecule has 0 amide bonds. The molecule has 6 nitrogen and oxygen atoms in total. The Balaban J connectivity index is 4.07. The summed E-state index contributed by atoms with van der Waals surface area (Å²) in [5.74, 6) is -0.860. The van der Waals surface area contributed by atoms with E-state index in [1.807, 2.05) is 0 Å². The van der Waals surface area contributed by atoms with Crippen LogP contribution in [0.15, 0.2) is 0 Å². The Morgan fingerprint density at radius 3 is 0.714 bits per heavy atom. The molecule has 0 heterocycles. The standard InChI is InChI=1S/C50H96O6/c1-4-7-10-13-15-17-19-21-22-23-24-25-26-27-29-30-32-34-37-40-43-49(52)55-46-47(45-54-48(51)42-39-36-12-9-6-3)56-50(53)44-41-38-35-33-31-28-20-18-16-14-11-8-5-2/h47H,4-46H2,1-3H3. The van der Waals surface area contributed by atoms with Gasteiger partial charge in [0.1, 0.15) is 13.2 Å². The van der Waals surface area contributed by atoms with Crippen LogP contribution in [0.3, 0.4) is 0 Å². The summed E-state index contributed by atoms with van der Waals surface area (Å²) in [5.41, 5.74) is 0. The second-order valence-electron chi connectivity index (χ2n) is 17.1. The molecule has 0 fully saturated rings. The van der Waals surface area contributed by atoms with Crippen LogP contribution in [-0.2, 0) is 28.6 Å². The molecule has 6 heteroatoms. The average molecular weight is 793 g/mol. The van der Waals surface area contributed by atoms with Gasteiger partial charge in [0.05, 0.1) is 0 Å². The van der Waals surface area contributed by atoms with E-state index < -0.39 is 6.10 Å². The molecule has 0 rings (SSSR count). The highest BCUT2D eigenvalue weighted by Crippen LogP contribution is 2.17. The Kier molecular flexibility index (Phi) is 44.8. The van der Waals surface area contributed by atoms with Gasteiger partial charge in [-0.1, -0.05) is 245 Å². The van der Waals surface area contributed by atoms with Crippen LogP contribution in [0, 0.1) is 0 Å². The van der Waals surface area contributed by atoms with Crippen molar-refractivity contribution in [1.82, 2.24) is 0 Å². The number of rotatable bonds is 46. The quantitative estimate of drug-likeness (QED) is 0.0347. The molecule has 0 radical (unpaired) electrons. The molecule has 1 unspecified atom stereocenters. The molecule has 0 N–H and O–H groups in total. The number of esters is 3. The van der Waals surface area contributed by atoms with Crippen molar-refractivity contribution < 1.29 is 28.6 Å². The summed E-state index contributed by atoms with van der Waals surface area (Å²) in [6.07, 6.45) is 48.4. The topological polar surface area (TPSA) is 78.9 Å². The predicted octanol–water partition coefficient (Wildman–Crippen LogP) is 16.0. The van der Waals surface area contributed by atoms with Gasteiger partial charge in [0.2, 0.25) is 0 Å². The lowest BCUT2D eigenvalue weighted by molar-refractivity contribution is -0.167.